The Balaban J connectivity index is 1.57. The lowest BCUT2D eigenvalue weighted by Crippen LogP contribution is -2.32. The molecule has 132 valence electrons. The van der Waals surface area contributed by atoms with E-state index in [1.54, 1.807) is 0 Å². The number of carbonyl (C=O) groups excluding carboxylic acids is 1. The number of hydrogen-bond donors (Lipinski definition) is 1. The molecule has 1 N–H and O–H groups in total. The number of ether oxygens (including phenoxy) is 2. The van der Waals surface area contributed by atoms with Crippen molar-refractivity contribution in [3.63, 3.8) is 0 Å². The molecule has 2 heterocycles. The van der Waals surface area contributed by atoms with Gasteiger partial charge in [-0.15, -0.1) is 0 Å². The number of amides is 1. The minimum Gasteiger partial charge on any atom is -0.346 e. The highest BCUT2D eigenvalue weighted by Gasteiger charge is 2.21. The van der Waals surface area contributed by atoms with Gasteiger partial charge in [-0.25, -0.2) is 0 Å². The Kier molecular flexibility index (Phi) is 5.87. The van der Waals surface area contributed by atoms with Crippen molar-refractivity contribution in [1.29, 1.82) is 0 Å². The predicted molar refractivity (Wildman–Crippen MR) is 94.1 cm³/mol. The van der Waals surface area contributed by atoms with Crippen LogP contribution in [0.25, 0.3) is 0 Å². The van der Waals surface area contributed by atoms with Gasteiger partial charge in [-0.2, -0.15) is 0 Å². The maximum absolute atomic E-state index is 12.3. The van der Waals surface area contributed by atoms with Crippen molar-refractivity contribution in [3.05, 3.63) is 28.8 Å². The van der Waals surface area contributed by atoms with Crippen LogP contribution in [0, 0.1) is 13.8 Å². The minimum atomic E-state index is -0.271. The highest BCUT2D eigenvalue weighted by molar-refractivity contribution is 5.91. The molecule has 0 aliphatic carbocycles. The molecule has 1 aromatic rings. The summed E-state index contributed by atoms with van der Waals surface area (Å²) in [7, 11) is 0. The van der Waals surface area contributed by atoms with Gasteiger partial charge in [-0.1, -0.05) is 6.42 Å². The Hall–Kier alpha value is -1.43. The van der Waals surface area contributed by atoms with Crippen LogP contribution in [0.15, 0.2) is 12.1 Å². The second kappa shape index (κ2) is 8.10. The van der Waals surface area contributed by atoms with Crippen LogP contribution in [0.3, 0.4) is 0 Å². The zero-order valence-corrected chi connectivity index (χ0v) is 14.8. The van der Waals surface area contributed by atoms with Gasteiger partial charge in [0, 0.05) is 24.2 Å². The quantitative estimate of drug-likeness (QED) is 0.900. The number of aryl methyl sites for hydroxylation is 2. The average Bonchev–Trinajstić information content (AvgIpc) is 3.11. The van der Waals surface area contributed by atoms with Gasteiger partial charge >= 0.3 is 0 Å². The lowest BCUT2D eigenvalue weighted by molar-refractivity contribution is -0.116. The fourth-order valence-corrected chi connectivity index (χ4v) is 3.42. The SMILES string of the molecule is Cc1cc(C2OCCO2)c(C)cc1NC(=O)CCN1CCCCC1. The molecule has 2 saturated heterocycles. The van der Waals surface area contributed by atoms with Gasteiger partial charge < -0.3 is 19.7 Å². The third kappa shape index (κ3) is 4.35. The Labute approximate surface area is 144 Å². The van der Waals surface area contributed by atoms with Crippen LogP contribution in [0.1, 0.15) is 48.7 Å². The molecule has 3 rings (SSSR count). The maximum Gasteiger partial charge on any atom is 0.225 e. The first-order valence-electron chi connectivity index (χ1n) is 9.00. The van der Waals surface area contributed by atoms with Gasteiger partial charge in [0.05, 0.1) is 13.2 Å². The molecular weight excluding hydrogens is 304 g/mol. The van der Waals surface area contributed by atoms with Crippen molar-refractivity contribution in [1.82, 2.24) is 4.90 Å². The lowest BCUT2D eigenvalue weighted by Gasteiger charge is -2.26. The number of rotatable bonds is 5. The molecule has 1 aromatic carbocycles. The van der Waals surface area contributed by atoms with E-state index < -0.39 is 0 Å². The lowest BCUT2D eigenvalue weighted by atomic mass is 10.0. The van der Waals surface area contributed by atoms with Crippen LogP contribution in [0.2, 0.25) is 0 Å². The summed E-state index contributed by atoms with van der Waals surface area (Å²) in [6.45, 7) is 8.42. The van der Waals surface area contributed by atoms with Gasteiger partial charge in [-0.05, 0) is 63.0 Å². The average molecular weight is 332 g/mol. The number of anilines is 1. The van der Waals surface area contributed by atoms with E-state index in [4.69, 9.17) is 9.47 Å². The van der Waals surface area contributed by atoms with Crippen LogP contribution in [-0.4, -0.2) is 43.7 Å². The third-order valence-electron chi connectivity index (χ3n) is 4.87. The topological polar surface area (TPSA) is 50.8 Å². The van der Waals surface area contributed by atoms with Gasteiger partial charge in [0.1, 0.15) is 0 Å². The maximum atomic E-state index is 12.3. The summed E-state index contributed by atoms with van der Waals surface area (Å²) < 4.78 is 11.2. The predicted octanol–water partition coefficient (Wildman–Crippen LogP) is 3.16. The molecule has 24 heavy (non-hydrogen) atoms. The molecule has 1 amide bonds. The number of likely N-dealkylation sites (tertiary alicyclic amines) is 1. The fraction of sp³-hybridized carbons (Fsp3) is 0.632. The molecule has 0 aromatic heterocycles. The first-order valence-corrected chi connectivity index (χ1v) is 9.00. The van der Waals surface area contributed by atoms with Crippen molar-refractivity contribution in [3.8, 4) is 0 Å². The van der Waals surface area contributed by atoms with Crippen molar-refractivity contribution >= 4 is 11.6 Å². The summed E-state index contributed by atoms with van der Waals surface area (Å²) >= 11 is 0. The third-order valence-corrected chi connectivity index (χ3v) is 4.87. The van der Waals surface area contributed by atoms with Crippen LogP contribution >= 0.6 is 0 Å². The molecule has 2 fully saturated rings. The first-order chi connectivity index (χ1) is 11.6. The van der Waals surface area contributed by atoms with Crippen LogP contribution in [0.5, 0.6) is 0 Å². The van der Waals surface area contributed by atoms with E-state index in [1.807, 2.05) is 19.9 Å². The van der Waals surface area contributed by atoms with Gasteiger partial charge in [0.15, 0.2) is 6.29 Å². The second-order valence-corrected chi connectivity index (χ2v) is 6.80. The number of benzene rings is 1. The molecule has 2 aliphatic rings. The largest absolute Gasteiger partial charge is 0.346 e. The van der Waals surface area contributed by atoms with E-state index in [1.165, 1.54) is 19.3 Å². The number of nitrogens with zero attached hydrogens (tertiary/aromatic N) is 1. The van der Waals surface area contributed by atoms with E-state index in [0.29, 0.717) is 19.6 Å². The Morgan fingerprint density at radius 1 is 1.12 bits per heavy atom. The standard InChI is InChI=1S/C19H28N2O3/c1-14-13-17(15(2)12-16(14)19-23-10-11-24-19)20-18(22)6-9-21-7-4-3-5-8-21/h12-13,19H,3-11H2,1-2H3,(H,20,22). The molecule has 0 bridgehead atoms. The van der Waals surface area contributed by atoms with Gasteiger partial charge in [-0.3, -0.25) is 4.79 Å². The van der Waals surface area contributed by atoms with E-state index in [2.05, 4.69) is 16.3 Å². The molecule has 2 aliphatic heterocycles. The summed E-state index contributed by atoms with van der Waals surface area (Å²) in [5, 5.41) is 3.06. The van der Waals surface area contributed by atoms with Crippen molar-refractivity contribution in [2.75, 3.05) is 38.2 Å². The van der Waals surface area contributed by atoms with E-state index in [0.717, 1.165) is 42.0 Å². The molecule has 5 nitrogen and oxygen atoms in total. The zero-order valence-electron chi connectivity index (χ0n) is 14.8. The molecule has 0 saturated carbocycles. The summed E-state index contributed by atoms with van der Waals surface area (Å²) in [6, 6.07) is 4.08. The van der Waals surface area contributed by atoms with E-state index in [-0.39, 0.29) is 12.2 Å². The number of hydrogen-bond acceptors (Lipinski definition) is 4. The molecule has 0 atom stereocenters. The summed E-state index contributed by atoms with van der Waals surface area (Å²) in [5.74, 6) is 0.0872. The Morgan fingerprint density at radius 3 is 2.54 bits per heavy atom. The van der Waals surface area contributed by atoms with Crippen LogP contribution < -0.4 is 5.32 Å². The van der Waals surface area contributed by atoms with Gasteiger partial charge in [0.2, 0.25) is 5.91 Å². The highest BCUT2D eigenvalue weighted by atomic mass is 16.7. The molecule has 0 spiro atoms. The molecule has 0 radical (unpaired) electrons. The van der Waals surface area contributed by atoms with Gasteiger partial charge in [0.25, 0.3) is 0 Å². The summed E-state index contributed by atoms with van der Waals surface area (Å²) in [6.07, 6.45) is 4.11. The highest BCUT2D eigenvalue weighted by Crippen LogP contribution is 2.30. The molecule has 5 heteroatoms. The molecule has 0 unspecified atom stereocenters. The second-order valence-electron chi connectivity index (χ2n) is 6.80. The van der Waals surface area contributed by atoms with E-state index >= 15 is 0 Å². The summed E-state index contributed by atoms with van der Waals surface area (Å²) in [5.41, 5.74) is 4.06. The first kappa shape index (κ1) is 17.4. The van der Waals surface area contributed by atoms with Crippen LogP contribution in [-0.2, 0) is 14.3 Å². The van der Waals surface area contributed by atoms with Crippen molar-refractivity contribution in [2.24, 2.45) is 0 Å². The number of carbonyl (C=O) groups is 1. The normalized spacial score (nSPS) is 19.6. The Morgan fingerprint density at radius 2 is 1.83 bits per heavy atom. The number of piperidine rings is 1. The minimum absolute atomic E-state index is 0.0872. The fourth-order valence-electron chi connectivity index (χ4n) is 3.42. The smallest absolute Gasteiger partial charge is 0.225 e. The number of nitrogens with one attached hydrogen (secondary N) is 1. The monoisotopic (exact) mass is 332 g/mol. The molecular formula is C19H28N2O3. The zero-order chi connectivity index (χ0) is 16.9. The van der Waals surface area contributed by atoms with Crippen LogP contribution in [0.4, 0.5) is 5.69 Å². The summed E-state index contributed by atoms with van der Waals surface area (Å²) in [4.78, 5) is 14.7. The van der Waals surface area contributed by atoms with E-state index in [9.17, 15) is 4.79 Å². The van der Waals surface area contributed by atoms with Crippen molar-refractivity contribution in [2.45, 2.75) is 45.8 Å². The Bertz CT molecular complexity index is 576. The van der Waals surface area contributed by atoms with Crippen molar-refractivity contribution < 1.29 is 14.3 Å².